The number of allylic oxidation sites excluding steroid dienone is 1. The van der Waals surface area contributed by atoms with Crippen molar-refractivity contribution in [2.24, 2.45) is 17.3 Å². The Morgan fingerprint density at radius 3 is 2.46 bits per heavy atom. The molecular weight excluding hydrogens is 491 g/mol. The summed E-state index contributed by atoms with van der Waals surface area (Å²) in [4.78, 5) is 32.2. The average Bonchev–Trinajstić information content (AvgIpc) is 2.94. The first-order chi connectivity index (χ1) is 18.8. The van der Waals surface area contributed by atoms with Crippen LogP contribution in [0.2, 0.25) is 0 Å². The summed E-state index contributed by atoms with van der Waals surface area (Å²) in [7, 11) is 0. The molecule has 0 radical (unpaired) electrons. The number of piperazine rings is 1. The van der Waals surface area contributed by atoms with Crippen LogP contribution in [0.3, 0.4) is 0 Å². The molecule has 1 saturated carbocycles. The van der Waals surface area contributed by atoms with E-state index in [0.717, 1.165) is 44.9 Å². The number of nitrogens with zero attached hydrogens (tertiary/aromatic N) is 3. The normalized spacial score (nSPS) is 22.2. The topological polar surface area (TPSA) is 55.9 Å². The molecule has 1 N–H and O–H groups in total. The van der Waals surface area contributed by atoms with E-state index in [1.54, 1.807) is 23.1 Å². The van der Waals surface area contributed by atoms with E-state index in [0.29, 0.717) is 37.5 Å². The van der Waals surface area contributed by atoms with Crippen molar-refractivity contribution in [1.82, 2.24) is 20.0 Å². The van der Waals surface area contributed by atoms with Gasteiger partial charge < -0.3 is 15.1 Å². The van der Waals surface area contributed by atoms with Gasteiger partial charge >= 0.3 is 6.03 Å². The number of amides is 3. The summed E-state index contributed by atoms with van der Waals surface area (Å²) < 4.78 is 14.1. The van der Waals surface area contributed by atoms with Crippen LogP contribution < -0.4 is 5.32 Å². The number of urea groups is 1. The molecular formula is C32H49FN4O2. The Bertz CT molecular complexity index is 1000. The number of carbonyl (C=O) groups is 2. The molecule has 2 bridgehead atoms. The third kappa shape index (κ3) is 7.41. The van der Waals surface area contributed by atoms with E-state index in [1.807, 2.05) is 4.90 Å². The zero-order valence-corrected chi connectivity index (χ0v) is 24.4. The van der Waals surface area contributed by atoms with E-state index < -0.39 is 5.82 Å². The molecule has 3 aliphatic carbocycles. The quantitative estimate of drug-likeness (QED) is 0.249. The number of nitrogens with one attached hydrogen (secondary N) is 1. The van der Waals surface area contributed by atoms with Gasteiger partial charge in [0.2, 0.25) is 0 Å². The van der Waals surface area contributed by atoms with Crippen LogP contribution in [-0.4, -0.2) is 79.0 Å². The number of fused-ring (bicyclic) bond motifs is 1. The highest BCUT2D eigenvalue weighted by molar-refractivity contribution is 5.94. The molecule has 6 nitrogen and oxygen atoms in total. The molecule has 0 aromatic heterocycles. The van der Waals surface area contributed by atoms with Crippen molar-refractivity contribution in [1.29, 1.82) is 0 Å². The number of carbonyl (C=O) groups excluding carboxylic acids is 2. The minimum Gasteiger partial charge on any atom is -0.338 e. The van der Waals surface area contributed by atoms with E-state index in [9.17, 15) is 14.0 Å². The van der Waals surface area contributed by atoms with Gasteiger partial charge in [-0.2, -0.15) is 0 Å². The summed E-state index contributed by atoms with van der Waals surface area (Å²) in [5, 5.41) is 3.20. The Balaban J connectivity index is 1.28. The molecule has 2 fully saturated rings. The lowest BCUT2D eigenvalue weighted by Crippen LogP contribution is -2.53. The molecule has 7 heteroatoms. The smallest absolute Gasteiger partial charge is 0.317 e. The van der Waals surface area contributed by atoms with Crippen LogP contribution in [0.4, 0.5) is 9.18 Å². The van der Waals surface area contributed by atoms with Crippen LogP contribution in [0.15, 0.2) is 35.9 Å². The lowest BCUT2D eigenvalue weighted by atomic mass is 9.49. The Labute approximate surface area is 235 Å². The predicted molar refractivity (Wildman–Crippen MR) is 155 cm³/mol. The summed E-state index contributed by atoms with van der Waals surface area (Å²) in [5.41, 5.74) is 1.91. The average molecular weight is 541 g/mol. The van der Waals surface area contributed by atoms with Crippen molar-refractivity contribution >= 4 is 11.9 Å². The summed E-state index contributed by atoms with van der Waals surface area (Å²) in [6.45, 7) is 12.5. The van der Waals surface area contributed by atoms with E-state index in [2.05, 4.69) is 37.1 Å². The molecule has 216 valence electrons. The summed E-state index contributed by atoms with van der Waals surface area (Å²) in [6, 6.07) is 6.23. The van der Waals surface area contributed by atoms with Crippen molar-refractivity contribution in [3.63, 3.8) is 0 Å². The fourth-order valence-corrected chi connectivity index (χ4v) is 6.58. The first-order valence-corrected chi connectivity index (χ1v) is 15.3. The fraction of sp³-hybridized carbons (Fsp3) is 0.688. The maximum absolute atomic E-state index is 14.1. The highest BCUT2D eigenvalue weighted by atomic mass is 19.1. The molecule has 2 atom stereocenters. The standard InChI is InChI=1S/C32H49FN4O2/c1-4-5-6-7-8-11-16-34-31(39)37(24-25-14-15-26-23-28(25)32(26,2)3)22-19-35-17-20-36(21-18-35)30(38)27-12-9-10-13-29(27)33/h9-10,12-14,26,28H,4-8,11,15-24H2,1-3H3,(H,34,39). The second-order valence-electron chi connectivity index (χ2n) is 12.4. The maximum Gasteiger partial charge on any atom is 0.317 e. The van der Waals surface area contributed by atoms with E-state index >= 15 is 0 Å². The van der Waals surface area contributed by atoms with Gasteiger partial charge in [-0.25, -0.2) is 9.18 Å². The number of hydrogen-bond acceptors (Lipinski definition) is 3. The summed E-state index contributed by atoms with van der Waals surface area (Å²) in [5.74, 6) is 0.655. The first kappa shape index (κ1) is 29.6. The van der Waals surface area contributed by atoms with Crippen LogP contribution in [0.5, 0.6) is 0 Å². The highest BCUT2D eigenvalue weighted by Gasteiger charge is 2.51. The maximum atomic E-state index is 14.1. The third-order valence-corrected chi connectivity index (χ3v) is 9.50. The van der Waals surface area contributed by atoms with E-state index in [-0.39, 0.29) is 17.5 Å². The number of rotatable bonds is 13. The molecule has 1 saturated heterocycles. The van der Waals surface area contributed by atoms with Gasteiger partial charge in [-0.3, -0.25) is 9.69 Å². The third-order valence-electron chi connectivity index (χ3n) is 9.50. The molecule has 1 heterocycles. The molecule has 0 spiro atoms. The van der Waals surface area contributed by atoms with Crippen LogP contribution in [-0.2, 0) is 0 Å². The Kier molecular flexibility index (Phi) is 10.4. The van der Waals surface area contributed by atoms with Crippen molar-refractivity contribution < 1.29 is 14.0 Å². The predicted octanol–water partition coefficient (Wildman–Crippen LogP) is 5.95. The lowest BCUT2D eigenvalue weighted by Gasteiger charge is -2.57. The molecule has 3 amide bonds. The van der Waals surface area contributed by atoms with Crippen LogP contribution >= 0.6 is 0 Å². The van der Waals surface area contributed by atoms with Gasteiger partial charge in [0.1, 0.15) is 5.82 Å². The number of unbranched alkanes of at least 4 members (excludes halogenated alkanes) is 5. The van der Waals surface area contributed by atoms with Crippen molar-refractivity contribution in [2.45, 2.75) is 72.1 Å². The van der Waals surface area contributed by atoms with Gasteiger partial charge in [-0.15, -0.1) is 0 Å². The van der Waals surface area contributed by atoms with Gasteiger partial charge in [0, 0.05) is 52.4 Å². The molecule has 1 aliphatic heterocycles. The van der Waals surface area contributed by atoms with E-state index in [1.165, 1.54) is 50.2 Å². The van der Waals surface area contributed by atoms with E-state index in [4.69, 9.17) is 0 Å². The van der Waals surface area contributed by atoms with Crippen LogP contribution in [0, 0.1) is 23.1 Å². The lowest BCUT2D eigenvalue weighted by molar-refractivity contribution is -0.00984. The highest BCUT2D eigenvalue weighted by Crippen LogP contribution is 2.59. The second kappa shape index (κ2) is 13.8. The fourth-order valence-electron chi connectivity index (χ4n) is 6.58. The second-order valence-corrected chi connectivity index (χ2v) is 12.4. The minimum atomic E-state index is -0.467. The van der Waals surface area contributed by atoms with Crippen molar-refractivity contribution in [3.8, 4) is 0 Å². The van der Waals surface area contributed by atoms with Crippen molar-refractivity contribution in [2.75, 3.05) is 52.4 Å². The molecule has 5 rings (SSSR count). The number of halogens is 1. The number of hydrogen-bond donors (Lipinski definition) is 1. The van der Waals surface area contributed by atoms with Gasteiger partial charge in [0.15, 0.2) is 0 Å². The summed E-state index contributed by atoms with van der Waals surface area (Å²) >= 11 is 0. The van der Waals surface area contributed by atoms with Crippen LogP contribution in [0.1, 0.15) is 82.5 Å². The summed E-state index contributed by atoms with van der Waals surface area (Å²) in [6.07, 6.45) is 12.0. The van der Waals surface area contributed by atoms with Crippen LogP contribution in [0.25, 0.3) is 0 Å². The molecule has 2 unspecified atom stereocenters. The molecule has 4 aliphatic rings. The van der Waals surface area contributed by atoms with Gasteiger partial charge in [-0.05, 0) is 48.6 Å². The Morgan fingerprint density at radius 1 is 1.05 bits per heavy atom. The molecule has 1 aromatic carbocycles. The van der Waals surface area contributed by atoms with Crippen molar-refractivity contribution in [3.05, 3.63) is 47.3 Å². The molecule has 1 aromatic rings. The zero-order chi connectivity index (χ0) is 27.8. The Hall–Kier alpha value is -2.41. The zero-order valence-electron chi connectivity index (χ0n) is 24.4. The number of benzene rings is 1. The largest absolute Gasteiger partial charge is 0.338 e. The molecule has 39 heavy (non-hydrogen) atoms. The monoisotopic (exact) mass is 540 g/mol. The van der Waals surface area contributed by atoms with Gasteiger partial charge in [0.05, 0.1) is 5.56 Å². The SMILES string of the molecule is CCCCCCCCNC(=O)N(CCN1CCN(C(=O)c2ccccc2F)CC1)CC1=CCC2CC1C2(C)C. The van der Waals surface area contributed by atoms with Gasteiger partial charge in [0.25, 0.3) is 5.91 Å². The Morgan fingerprint density at radius 2 is 1.77 bits per heavy atom. The minimum absolute atomic E-state index is 0.0390. The van der Waals surface area contributed by atoms with Gasteiger partial charge in [-0.1, -0.05) is 76.7 Å². The first-order valence-electron chi connectivity index (χ1n) is 15.3.